The van der Waals surface area contributed by atoms with Crippen molar-refractivity contribution in [2.24, 2.45) is 10.9 Å². The lowest BCUT2D eigenvalue weighted by Gasteiger charge is -2.28. The van der Waals surface area contributed by atoms with Gasteiger partial charge in [-0.25, -0.2) is 4.79 Å². The van der Waals surface area contributed by atoms with Crippen molar-refractivity contribution < 1.29 is 14.7 Å². The van der Waals surface area contributed by atoms with Crippen LogP contribution in [0.3, 0.4) is 0 Å². The van der Waals surface area contributed by atoms with Gasteiger partial charge in [0.15, 0.2) is 5.84 Å². The number of hydrogen-bond acceptors (Lipinski definition) is 5. The van der Waals surface area contributed by atoms with Crippen molar-refractivity contribution in [1.82, 2.24) is 4.90 Å². The molecule has 1 unspecified atom stereocenters. The van der Waals surface area contributed by atoms with Crippen molar-refractivity contribution >= 4 is 17.6 Å². The number of benzene rings is 1. The molecule has 0 saturated carbocycles. The lowest BCUT2D eigenvalue weighted by atomic mass is 10.1. The van der Waals surface area contributed by atoms with Crippen LogP contribution in [0, 0.1) is 0 Å². The Bertz CT molecular complexity index is 607. The van der Waals surface area contributed by atoms with Crippen molar-refractivity contribution in [3.8, 4) is 0 Å². The van der Waals surface area contributed by atoms with Gasteiger partial charge in [-0.05, 0) is 51.5 Å². The molecule has 1 aromatic rings. The Morgan fingerprint density at radius 2 is 2.00 bits per heavy atom. The number of ether oxygens (including phenoxy) is 1. The number of amidine groups is 1. The normalized spacial score (nSPS) is 18.6. The fourth-order valence-corrected chi connectivity index (χ4v) is 2.69. The van der Waals surface area contributed by atoms with Crippen LogP contribution < -0.4 is 10.6 Å². The lowest BCUT2D eigenvalue weighted by molar-refractivity contribution is 0.0292. The molecule has 7 heteroatoms. The van der Waals surface area contributed by atoms with Crippen LogP contribution in [0.5, 0.6) is 0 Å². The molecule has 1 amide bonds. The lowest BCUT2D eigenvalue weighted by Crippen LogP contribution is -2.39. The summed E-state index contributed by atoms with van der Waals surface area (Å²) in [6, 6.07) is 7.68. The summed E-state index contributed by atoms with van der Waals surface area (Å²) in [7, 11) is 2.00. The number of carbonyl (C=O) groups excluding carboxylic acids is 1. The van der Waals surface area contributed by atoms with Gasteiger partial charge in [-0.15, -0.1) is 0 Å². The van der Waals surface area contributed by atoms with E-state index in [1.165, 1.54) is 0 Å². The van der Waals surface area contributed by atoms with Gasteiger partial charge in [0.05, 0.1) is 0 Å². The van der Waals surface area contributed by atoms with Crippen LogP contribution in [0.25, 0.3) is 0 Å². The van der Waals surface area contributed by atoms with E-state index in [0.717, 1.165) is 12.1 Å². The largest absolute Gasteiger partial charge is 0.444 e. The van der Waals surface area contributed by atoms with Gasteiger partial charge in [-0.3, -0.25) is 0 Å². The molecule has 1 heterocycles. The van der Waals surface area contributed by atoms with Crippen LogP contribution in [0.1, 0.15) is 32.8 Å². The Kier molecular flexibility index (Phi) is 5.21. The van der Waals surface area contributed by atoms with Crippen LogP contribution in [0.15, 0.2) is 29.4 Å². The fourth-order valence-electron chi connectivity index (χ4n) is 2.69. The smallest absolute Gasteiger partial charge is 0.410 e. The molecule has 24 heavy (non-hydrogen) atoms. The van der Waals surface area contributed by atoms with Crippen LogP contribution in [0.2, 0.25) is 0 Å². The zero-order chi connectivity index (χ0) is 17.9. The van der Waals surface area contributed by atoms with E-state index < -0.39 is 5.60 Å². The van der Waals surface area contributed by atoms with E-state index in [1.54, 1.807) is 4.90 Å². The van der Waals surface area contributed by atoms with E-state index in [4.69, 9.17) is 15.7 Å². The van der Waals surface area contributed by atoms with Crippen molar-refractivity contribution in [2.75, 3.05) is 25.0 Å². The number of amides is 1. The summed E-state index contributed by atoms with van der Waals surface area (Å²) in [5.74, 6) is 0.0844. The van der Waals surface area contributed by atoms with Gasteiger partial charge in [-0.2, -0.15) is 0 Å². The summed E-state index contributed by atoms with van der Waals surface area (Å²) in [6.45, 7) is 6.92. The quantitative estimate of drug-likeness (QED) is 0.383. The summed E-state index contributed by atoms with van der Waals surface area (Å²) in [4.78, 5) is 16.0. The second-order valence-electron chi connectivity index (χ2n) is 7.01. The molecule has 3 N–H and O–H groups in total. The highest BCUT2D eigenvalue weighted by Gasteiger charge is 2.31. The van der Waals surface area contributed by atoms with Crippen LogP contribution in [-0.4, -0.2) is 53.8 Å². The van der Waals surface area contributed by atoms with Gasteiger partial charge in [0.1, 0.15) is 5.60 Å². The van der Waals surface area contributed by atoms with E-state index >= 15 is 0 Å². The number of nitrogens with zero attached hydrogens (tertiary/aromatic N) is 3. The maximum atomic E-state index is 12.2. The van der Waals surface area contributed by atoms with Crippen molar-refractivity contribution in [3.05, 3.63) is 29.8 Å². The Morgan fingerprint density at radius 3 is 2.54 bits per heavy atom. The first kappa shape index (κ1) is 17.9. The molecular weight excluding hydrogens is 308 g/mol. The van der Waals surface area contributed by atoms with E-state index in [1.807, 2.05) is 52.1 Å². The molecule has 7 nitrogen and oxygen atoms in total. The molecule has 0 radical (unpaired) electrons. The number of anilines is 1. The van der Waals surface area contributed by atoms with Gasteiger partial charge in [0, 0.05) is 37.4 Å². The average molecular weight is 334 g/mol. The number of likely N-dealkylation sites (tertiary alicyclic amines) is 1. The first-order valence-corrected chi connectivity index (χ1v) is 8.00. The Morgan fingerprint density at radius 1 is 1.38 bits per heavy atom. The summed E-state index contributed by atoms with van der Waals surface area (Å²) in [5.41, 5.74) is 6.77. The average Bonchev–Trinajstić information content (AvgIpc) is 3.02. The standard InChI is InChI=1S/C17H26N4O3/c1-17(2,3)24-16(22)21-10-9-14(11-21)20(4)13-7-5-12(6-8-13)15(18)19-23/h5-8,14,23H,9-11H2,1-4H3,(H2,18,19). The summed E-state index contributed by atoms with van der Waals surface area (Å²) < 4.78 is 5.43. The third-order valence-electron chi connectivity index (χ3n) is 4.04. The Hall–Kier alpha value is -2.44. The first-order chi connectivity index (χ1) is 11.2. The van der Waals surface area contributed by atoms with Crippen LogP contribution in [-0.2, 0) is 4.74 Å². The monoisotopic (exact) mass is 334 g/mol. The van der Waals surface area contributed by atoms with Gasteiger partial charge in [0.2, 0.25) is 0 Å². The first-order valence-electron chi connectivity index (χ1n) is 8.00. The summed E-state index contributed by atoms with van der Waals surface area (Å²) in [5, 5.41) is 11.7. The minimum Gasteiger partial charge on any atom is -0.444 e. The number of nitrogens with two attached hydrogens (primary N) is 1. The predicted octanol–water partition coefficient (Wildman–Crippen LogP) is 2.23. The Labute approximate surface area is 142 Å². The zero-order valence-corrected chi connectivity index (χ0v) is 14.7. The van der Waals surface area contributed by atoms with Gasteiger partial charge >= 0.3 is 6.09 Å². The summed E-state index contributed by atoms with van der Waals surface area (Å²) in [6.07, 6.45) is 0.623. The number of hydrogen-bond donors (Lipinski definition) is 2. The van der Waals surface area contributed by atoms with E-state index in [9.17, 15) is 4.79 Å². The number of likely N-dealkylation sites (N-methyl/N-ethyl adjacent to an activating group) is 1. The van der Waals surface area contributed by atoms with E-state index in [2.05, 4.69) is 10.1 Å². The van der Waals surface area contributed by atoms with E-state index in [0.29, 0.717) is 18.7 Å². The molecule has 0 spiro atoms. The molecular formula is C17H26N4O3. The molecule has 2 rings (SSSR count). The maximum absolute atomic E-state index is 12.2. The molecule has 1 aromatic carbocycles. The molecule has 1 aliphatic heterocycles. The summed E-state index contributed by atoms with van der Waals surface area (Å²) >= 11 is 0. The van der Waals surface area contributed by atoms with E-state index in [-0.39, 0.29) is 18.0 Å². The highest BCUT2D eigenvalue weighted by Crippen LogP contribution is 2.23. The second-order valence-corrected chi connectivity index (χ2v) is 7.01. The number of carbonyl (C=O) groups is 1. The third kappa shape index (κ3) is 4.31. The highest BCUT2D eigenvalue weighted by atomic mass is 16.6. The van der Waals surface area contributed by atoms with Crippen molar-refractivity contribution in [2.45, 2.75) is 38.8 Å². The molecule has 1 fully saturated rings. The third-order valence-corrected chi connectivity index (χ3v) is 4.04. The number of rotatable bonds is 3. The SMILES string of the molecule is CN(c1ccc(C(N)=NO)cc1)C1CCN(C(=O)OC(C)(C)C)C1. The Balaban J connectivity index is 1.99. The van der Waals surface area contributed by atoms with Crippen molar-refractivity contribution in [1.29, 1.82) is 0 Å². The van der Waals surface area contributed by atoms with Crippen molar-refractivity contribution in [3.63, 3.8) is 0 Å². The highest BCUT2D eigenvalue weighted by molar-refractivity contribution is 5.97. The minimum atomic E-state index is -0.481. The molecule has 0 bridgehead atoms. The zero-order valence-electron chi connectivity index (χ0n) is 14.7. The molecule has 1 saturated heterocycles. The predicted molar refractivity (Wildman–Crippen MR) is 93.6 cm³/mol. The molecule has 0 aromatic heterocycles. The number of oxime groups is 1. The molecule has 1 atom stereocenters. The molecule has 1 aliphatic rings. The topological polar surface area (TPSA) is 91.4 Å². The van der Waals surface area contributed by atoms with Gasteiger partial charge in [0.25, 0.3) is 0 Å². The minimum absolute atomic E-state index is 0.0844. The second kappa shape index (κ2) is 6.98. The molecule has 0 aliphatic carbocycles. The molecule has 132 valence electrons. The van der Waals surface area contributed by atoms with Gasteiger partial charge < -0.3 is 25.5 Å². The van der Waals surface area contributed by atoms with Crippen LogP contribution >= 0.6 is 0 Å². The van der Waals surface area contributed by atoms with Crippen LogP contribution in [0.4, 0.5) is 10.5 Å². The van der Waals surface area contributed by atoms with Gasteiger partial charge in [-0.1, -0.05) is 5.16 Å². The maximum Gasteiger partial charge on any atom is 0.410 e. The fraction of sp³-hybridized carbons (Fsp3) is 0.529.